The molecule has 4 rings (SSSR count). The molecule has 3 aromatic rings. The molecule has 0 radical (unpaired) electrons. The second-order valence-corrected chi connectivity index (χ2v) is 9.97. The molecule has 1 atom stereocenters. The van der Waals surface area contributed by atoms with E-state index in [0.717, 1.165) is 37.8 Å². The standard InChI is InChI=1S/C19H21ClFN5O2S2/c1-25(14-4-6-26(10-14)9-13-3-2-5-22-13)17-8-16(21)18(7-15(17)20)30(27,28)24-19-11-29-12-23-19/h2-3,5,7-8,11-12,14,22,24H,4,6,9-10H2,1H3/t14-/m0/s1. The molecule has 11 heteroatoms. The van der Waals surface area contributed by atoms with Crippen LogP contribution in [0.5, 0.6) is 0 Å². The van der Waals surface area contributed by atoms with Crippen molar-refractivity contribution in [1.29, 1.82) is 0 Å². The molecular weight excluding hydrogens is 449 g/mol. The van der Waals surface area contributed by atoms with Gasteiger partial charge in [0.15, 0.2) is 5.82 Å². The van der Waals surface area contributed by atoms with Crippen molar-refractivity contribution in [2.75, 3.05) is 29.8 Å². The molecule has 3 heterocycles. The predicted octanol–water partition coefficient (Wildman–Crippen LogP) is 3.78. The summed E-state index contributed by atoms with van der Waals surface area (Å²) < 4.78 is 42.1. The summed E-state index contributed by atoms with van der Waals surface area (Å²) >= 11 is 7.62. The first-order valence-corrected chi connectivity index (χ1v) is 12.1. The zero-order valence-electron chi connectivity index (χ0n) is 16.2. The molecule has 0 unspecified atom stereocenters. The van der Waals surface area contributed by atoms with Gasteiger partial charge in [-0.05, 0) is 24.6 Å². The molecule has 2 aromatic heterocycles. The molecule has 1 fully saturated rings. The number of halogens is 2. The molecule has 2 N–H and O–H groups in total. The number of aromatic nitrogens is 2. The summed E-state index contributed by atoms with van der Waals surface area (Å²) in [6, 6.07) is 6.50. The Balaban J connectivity index is 1.50. The van der Waals surface area contributed by atoms with Crippen LogP contribution in [0.1, 0.15) is 12.1 Å². The summed E-state index contributed by atoms with van der Waals surface area (Å²) in [6.07, 6.45) is 2.80. The predicted molar refractivity (Wildman–Crippen MR) is 117 cm³/mol. The third-order valence-corrected chi connectivity index (χ3v) is 7.45. The summed E-state index contributed by atoms with van der Waals surface area (Å²) in [6.45, 7) is 2.54. The van der Waals surface area contributed by atoms with Crippen molar-refractivity contribution in [3.63, 3.8) is 0 Å². The van der Waals surface area contributed by atoms with E-state index >= 15 is 0 Å². The highest BCUT2D eigenvalue weighted by Crippen LogP contribution is 2.33. The third-order valence-electron chi connectivity index (χ3n) is 5.19. The summed E-state index contributed by atoms with van der Waals surface area (Å²) in [5.41, 5.74) is 3.10. The van der Waals surface area contributed by atoms with Gasteiger partial charge >= 0.3 is 0 Å². The minimum atomic E-state index is -4.13. The van der Waals surface area contributed by atoms with E-state index in [9.17, 15) is 12.8 Å². The Morgan fingerprint density at radius 1 is 1.47 bits per heavy atom. The van der Waals surface area contributed by atoms with Crippen molar-refractivity contribution < 1.29 is 12.8 Å². The van der Waals surface area contributed by atoms with Gasteiger partial charge in [0, 0.05) is 56.1 Å². The van der Waals surface area contributed by atoms with E-state index in [0.29, 0.717) is 5.69 Å². The lowest BCUT2D eigenvalue weighted by Crippen LogP contribution is -2.34. The third kappa shape index (κ3) is 4.46. The number of benzene rings is 1. The molecule has 7 nitrogen and oxygen atoms in total. The van der Waals surface area contributed by atoms with E-state index in [1.165, 1.54) is 28.3 Å². The molecule has 1 aliphatic heterocycles. The number of rotatable bonds is 7. The molecule has 0 amide bonds. The number of thiazole rings is 1. The van der Waals surface area contributed by atoms with Crippen molar-refractivity contribution in [1.82, 2.24) is 14.9 Å². The average Bonchev–Trinajstić information content (AvgIpc) is 3.46. The lowest BCUT2D eigenvalue weighted by Gasteiger charge is -2.28. The highest BCUT2D eigenvalue weighted by atomic mass is 35.5. The number of likely N-dealkylation sites (tertiary alicyclic amines) is 1. The van der Waals surface area contributed by atoms with Crippen LogP contribution in [0.2, 0.25) is 5.02 Å². The smallest absolute Gasteiger partial charge is 0.266 e. The Kier molecular flexibility index (Phi) is 6.01. The number of nitrogens with one attached hydrogen (secondary N) is 2. The van der Waals surface area contributed by atoms with Crippen LogP contribution in [0.15, 0.2) is 46.2 Å². The van der Waals surface area contributed by atoms with E-state index in [1.54, 1.807) is 0 Å². The van der Waals surface area contributed by atoms with Crippen molar-refractivity contribution in [2.24, 2.45) is 0 Å². The highest BCUT2D eigenvalue weighted by molar-refractivity contribution is 7.92. The van der Waals surface area contributed by atoms with Crippen molar-refractivity contribution in [3.05, 3.63) is 57.9 Å². The molecule has 160 valence electrons. The van der Waals surface area contributed by atoms with E-state index in [-0.39, 0.29) is 16.9 Å². The fourth-order valence-electron chi connectivity index (χ4n) is 3.63. The number of anilines is 2. The van der Waals surface area contributed by atoms with Crippen molar-refractivity contribution >= 4 is 44.5 Å². The second-order valence-electron chi connectivity index (χ2n) is 7.20. The topological polar surface area (TPSA) is 81.3 Å². The maximum absolute atomic E-state index is 14.8. The molecular formula is C19H21ClFN5O2S2. The fraction of sp³-hybridized carbons (Fsp3) is 0.316. The van der Waals surface area contributed by atoms with E-state index < -0.39 is 20.7 Å². The van der Waals surface area contributed by atoms with Gasteiger partial charge in [0.2, 0.25) is 0 Å². The molecule has 0 spiro atoms. The van der Waals surface area contributed by atoms with Gasteiger partial charge in [-0.3, -0.25) is 9.62 Å². The molecule has 0 saturated carbocycles. The number of hydrogen-bond acceptors (Lipinski definition) is 6. The van der Waals surface area contributed by atoms with Gasteiger partial charge < -0.3 is 9.88 Å². The van der Waals surface area contributed by atoms with Gasteiger partial charge in [0.1, 0.15) is 10.7 Å². The Labute approximate surface area is 183 Å². The number of hydrogen-bond donors (Lipinski definition) is 2. The quantitative estimate of drug-likeness (QED) is 0.550. The lowest BCUT2D eigenvalue weighted by molar-refractivity contribution is 0.322. The zero-order valence-corrected chi connectivity index (χ0v) is 18.6. The molecule has 30 heavy (non-hydrogen) atoms. The number of nitrogens with zero attached hydrogens (tertiary/aromatic N) is 3. The average molecular weight is 470 g/mol. The van der Waals surface area contributed by atoms with Crippen LogP contribution in [0.4, 0.5) is 15.9 Å². The van der Waals surface area contributed by atoms with Gasteiger partial charge in [-0.2, -0.15) is 0 Å². The number of H-pyrrole nitrogens is 1. The summed E-state index contributed by atoms with van der Waals surface area (Å²) in [5, 5.41) is 1.71. The van der Waals surface area contributed by atoms with E-state index in [4.69, 9.17) is 11.6 Å². The van der Waals surface area contributed by atoms with Gasteiger partial charge in [0.25, 0.3) is 10.0 Å². The summed E-state index contributed by atoms with van der Waals surface area (Å²) in [4.78, 5) is 10.8. The summed E-state index contributed by atoms with van der Waals surface area (Å²) in [5.74, 6) is -0.713. The van der Waals surface area contributed by atoms with E-state index in [2.05, 4.69) is 19.6 Å². The van der Waals surface area contributed by atoms with Crippen molar-refractivity contribution in [3.8, 4) is 0 Å². The van der Waals surface area contributed by atoms with Crippen LogP contribution in [0, 0.1) is 5.82 Å². The van der Waals surface area contributed by atoms with E-state index in [1.807, 2.05) is 30.3 Å². The Morgan fingerprint density at radius 3 is 3.00 bits per heavy atom. The first-order valence-electron chi connectivity index (χ1n) is 9.31. The Hall–Kier alpha value is -2.14. The number of aromatic amines is 1. The number of likely N-dealkylation sites (N-methyl/N-ethyl adjacent to an activating group) is 1. The first kappa shape index (κ1) is 21.1. The minimum Gasteiger partial charge on any atom is -0.369 e. The lowest BCUT2D eigenvalue weighted by atomic mass is 10.2. The van der Waals surface area contributed by atoms with Crippen LogP contribution in [0.3, 0.4) is 0 Å². The minimum absolute atomic E-state index is 0.143. The fourth-order valence-corrected chi connectivity index (χ4v) is 5.63. The monoisotopic (exact) mass is 469 g/mol. The molecule has 1 saturated heterocycles. The van der Waals surface area contributed by atoms with Gasteiger partial charge in [-0.25, -0.2) is 17.8 Å². The molecule has 1 aromatic carbocycles. The molecule has 0 aliphatic carbocycles. The van der Waals surface area contributed by atoms with Gasteiger partial charge in [-0.1, -0.05) is 11.6 Å². The SMILES string of the molecule is CN(c1cc(F)c(S(=O)(=O)Nc2cscn2)cc1Cl)[C@H]1CCN(Cc2ccc[nH]2)C1. The second kappa shape index (κ2) is 8.54. The van der Waals surface area contributed by atoms with Crippen molar-refractivity contribution in [2.45, 2.75) is 23.9 Å². The Morgan fingerprint density at radius 2 is 2.30 bits per heavy atom. The maximum atomic E-state index is 14.8. The van der Waals surface area contributed by atoms with Gasteiger partial charge in [0.05, 0.1) is 16.2 Å². The maximum Gasteiger partial charge on any atom is 0.266 e. The zero-order chi connectivity index (χ0) is 21.3. The van der Waals surface area contributed by atoms with Crippen LogP contribution < -0.4 is 9.62 Å². The normalized spacial score (nSPS) is 17.4. The van der Waals surface area contributed by atoms with Crippen LogP contribution in [0.25, 0.3) is 0 Å². The van der Waals surface area contributed by atoms with Gasteiger partial charge in [-0.15, -0.1) is 11.3 Å². The largest absolute Gasteiger partial charge is 0.369 e. The van der Waals surface area contributed by atoms with Crippen LogP contribution in [-0.2, 0) is 16.6 Å². The van der Waals surface area contributed by atoms with Crippen LogP contribution in [-0.4, -0.2) is 49.5 Å². The highest BCUT2D eigenvalue weighted by Gasteiger charge is 2.29. The molecule has 1 aliphatic rings. The molecule has 0 bridgehead atoms. The first-order chi connectivity index (χ1) is 14.3. The Bertz CT molecular complexity index is 1110. The number of sulfonamides is 1. The summed E-state index contributed by atoms with van der Waals surface area (Å²) in [7, 11) is -2.28. The van der Waals surface area contributed by atoms with Crippen LogP contribution >= 0.6 is 22.9 Å².